The topological polar surface area (TPSA) is 61.8 Å². The Bertz CT molecular complexity index is 574. The molecular weight excluding hydrogens is 324 g/mol. The molecule has 6 heteroatoms. The number of carbonyl (C=O) groups excluding carboxylic acids is 1. The SMILES string of the molecule is CC1(C)COCCN1c1cc2c(cc1Br)C(O)C(=O)N2. The van der Waals surface area contributed by atoms with Crippen molar-refractivity contribution < 1.29 is 14.6 Å². The molecule has 1 unspecified atom stereocenters. The van der Waals surface area contributed by atoms with Gasteiger partial charge in [-0.25, -0.2) is 0 Å². The number of rotatable bonds is 1. The van der Waals surface area contributed by atoms with Crippen LogP contribution in [0.15, 0.2) is 16.6 Å². The van der Waals surface area contributed by atoms with E-state index in [2.05, 4.69) is 40.0 Å². The predicted molar refractivity (Wildman–Crippen MR) is 80.0 cm³/mol. The summed E-state index contributed by atoms with van der Waals surface area (Å²) in [6.45, 7) is 6.38. The summed E-state index contributed by atoms with van der Waals surface area (Å²) in [4.78, 5) is 13.8. The molecule has 0 bridgehead atoms. The van der Waals surface area contributed by atoms with Gasteiger partial charge < -0.3 is 20.1 Å². The van der Waals surface area contributed by atoms with Crippen LogP contribution >= 0.6 is 15.9 Å². The van der Waals surface area contributed by atoms with Gasteiger partial charge in [0.2, 0.25) is 0 Å². The third kappa shape index (κ3) is 2.12. The predicted octanol–water partition coefficient (Wildman–Crippen LogP) is 2.05. The minimum Gasteiger partial charge on any atom is -0.378 e. The normalized spacial score (nSPS) is 24.5. The van der Waals surface area contributed by atoms with Gasteiger partial charge in [-0.2, -0.15) is 0 Å². The van der Waals surface area contributed by atoms with Crippen molar-refractivity contribution in [3.05, 3.63) is 22.2 Å². The lowest BCUT2D eigenvalue weighted by Crippen LogP contribution is -2.53. The first kappa shape index (κ1) is 13.9. The van der Waals surface area contributed by atoms with Crippen LogP contribution in [-0.2, 0) is 9.53 Å². The first-order valence-corrected chi connectivity index (χ1v) is 7.37. The summed E-state index contributed by atoms with van der Waals surface area (Å²) < 4.78 is 6.41. The fourth-order valence-electron chi connectivity index (χ4n) is 2.77. The molecule has 2 heterocycles. The van der Waals surface area contributed by atoms with E-state index in [1.165, 1.54) is 0 Å². The van der Waals surface area contributed by atoms with Crippen molar-refractivity contribution in [2.45, 2.75) is 25.5 Å². The molecule has 1 aromatic rings. The van der Waals surface area contributed by atoms with Crippen LogP contribution in [0.2, 0.25) is 0 Å². The smallest absolute Gasteiger partial charge is 0.257 e. The fourth-order valence-corrected chi connectivity index (χ4v) is 3.34. The average Bonchev–Trinajstić information content (AvgIpc) is 2.65. The Morgan fingerprint density at radius 3 is 2.95 bits per heavy atom. The second kappa shape index (κ2) is 4.72. The number of fused-ring (bicyclic) bond motifs is 1. The quantitative estimate of drug-likeness (QED) is 0.821. The number of halogens is 1. The van der Waals surface area contributed by atoms with Gasteiger partial charge in [0.15, 0.2) is 6.10 Å². The van der Waals surface area contributed by atoms with Gasteiger partial charge >= 0.3 is 0 Å². The van der Waals surface area contributed by atoms with Crippen LogP contribution in [0.25, 0.3) is 0 Å². The zero-order valence-electron chi connectivity index (χ0n) is 11.4. The van der Waals surface area contributed by atoms with Gasteiger partial charge in [0.1, 0.15) is 0 Å². The Hall–Kier alpha value is -1.11. The standard InChI is InChI=1S/C14H17BrN2O3/c1-14(2)7-20-4-3-17(14)11-6-10-8(5-9(11)15)12(18)13(19)16-10/h5-6,12,18H,3-4,7H2,1-2H3,(H,16,19). The van der Waals surface area contributed by atoms with Crippen LogP contribution in [0.1, 0.15) is 25.5 Å². The maximum absolute atomic E-state index is 11.5. The highest BCUT2D eigenvalue weighted by atomic mass is 79.9. The maximum atomic E-state index is 11.5. The molecule has 1 aromatic carbocycles. The number of hydrogen-bond donors (Lipinski definition) is 2. The summed E-state index contributed by atoms with van der Waals surface area (Å²) in [5, 5.41) is 12.5. The molecule has 0 aliphatic carbocycles. The largest absolute Gasteiger partial charge is 0.378 e. The fraction of sp³-hybridized carbons (Fsp3) is 0.500. The number of ether oxygens (including phenoxy) is 1. The molecule has 0 aromatic heterocycles. The van der Waals surface area contributed by atoms with Crippen molar-refractivity contribution in [1.29, 1.82) is 0 Å². The average molecular weight is 341 g/mol. The van der Waals surface area contributed by atoms with Crippen LogP contribution in [-0.4, -0.2) is 36.3 Å². The van der Waals surface area contributed by atoms with Crippen LogP contribution in [0, 0.1) is 0 Å². The number of carbonyl (C=O) groups is 1. The zero-order valence-corrected chi connectivity index (χ0v) is 13.0. The summed E-state index contributed by atoms with van der Waals surface area (Å²) >= 11 is 3.55. The van der Waals surface area contributed by atoms with E-state index in [0.29, 0.717) is 24.5 Å². The first-order chi connectivity index (χ1) is 9.40. The van der Waals surface area contributed by atoms with Crippen LogP contribution in [0.4, 0.5) is 11.4 Å². The lowest BCUT2D eigenvalue weighted by Gasteiger charge is -2.44. The van der Waals surface area contributed by atoms with Crippen molar-refractivity contribution in [3.8, 4) is 0 Å². The van der Waals surface area contributed by atoms with E-state index in [1.54, 1.807) is 0 Å². The molecule has 2 aliphatic heterocycles. The number of nitrogens with one attached hydrogen (secondary N) is 1. The molecule has 1 fully saturated rings. The van der Waals surface area contributed by atoms with Gasteiger partial charge in [-0.15, -0.1) is 0 Å². The molecule has 0 spiro atoms. The Kier molecular flexibility index (Phi) is 3.27. The molecule has 3 rings (SSSR count). The molecule has 0 saturated carbocycles. The van der Waals surface area contributed by atoms with E-state index in [-0.39, 0.29) is 11.4 Å². The molecule has 0 radical (unpaired) electrons. The number of hydrogen-bond acceptors (Lipinski definition) is 4. The highest BCUT2D eigenvalue weighted by Crippen LogP contribution is 2.41. The van der Waals surface area contributed by atoms with E-state index in [9.17, 15) is 9.90 Å². The van der Waals surface area contributed by atoms with Gasteiger partial charge in [0.05, 0.1) is 24.4 Å². The van der Waals surface area contributed by atoms with Crippen molar-refractivity contribution in [1.82, 2.24) is 0 Å². The van der Waals surface area contributed by atoms with Crippen LogP contribution in [0.3, 0.4) is 0 Å². The van der Waals surface area contributed by atoms with Crippen molar-refractivity contribution in [2.75, 3.05) is 30.0 Å². The summed E-state index contributed by atoms with van der Waals surface area (Å²) in [6.07, 6.45) is -1.08. The van der Waals surface area contributed by atoms with Gasteiger partial charge in [-0.3, -0.25) is 4.79 Å². The van der Waals surface area contributed by atoms with Gasteiger partial charge in [-0.1, -0.05) is 0 Å². The van der Waals surface area contributed by atoms with Gasteiger partial charge in [0.25, 0.3) is 5.91 Å². The molecule has 108 valence electrons. The summed E-state index contributed by atoms with van der Waals surface area (Å²) in [6, 6.07) is 3.74. The Morgan fingerprint density at radius 1 is 1.50 bits per heavy atom. The number of morpholine rings is 1. The van der Waals surface area contributed by atoms with E-state index in [1.807, 2.05) is 12.1 Å². The lowest BCUT2D eigenvalue weighted by molar-refractivity contribution is -0.123. The minimum absolute atomic E-state index is 0.115. The van der Waals surface area contributed by atoms with E-state index in [4.69, 9.17) is 4.74 Å². The second-order valence-corrected chi connectivity index (χ2v) is 6.65. The second-order valence-electron chi connectivity index (χ2n) is 5.80. The Morgan fingerprint density at radius 2 is 2.25 bits per heavy atom. The summed E-state index contributed by atoms with van der Waals surface area (Å²) in [5.74, 6) is -0.370. The summed E-state index contributed by atoms with van der Waals surface area (Å²) in [7, 11) is 0. The molecule has 20 heavy (non-hydrogen) atoms. The minimum atomic E-state index is -1.08. The number of aliphatic hydroxyl groups excluding tert-OH is 1. The third-order valence-corrected chi connectivity index (χ3v) is 4.49. The van der Waals surface area contributed by atoms with Crippen molar-refractivity contribution >= 4 is 33.2 Å². The lowest BCUT2D eigenvalue weighted by atomic mass is 10.0. The Balaban J connectivity index is 2.03. The number of anilines is 2. The summed E-state index contributed by atoms with van der Waals surface area (Å²) in [5.41, 5.74) is 2.20. The molecule has 2 aliphatic rings. The molecule has 1 saturated heterocycles. The van der Waals surface area contributed by atoms with E-state index < -0.39 is 6.10 Å². The molecular formula is C14H17BrN2O3. The third-order valence-electron chi connectivity index (χ3n) is 3.86. The van der Waals surface area contributed by atoms with Crippen LogP contribution in [0.5, 0.6) is 0 Å². The highest BCUT2D eigenvalue weighted by Gasteiger charge is 2.35. The first-order valence-electron chi connectivity index (χ1n) is 6.58. The zero-order chi connectivity index (χ0) is 14.5. The monoisotopic (exact) mass is 340 g/mol. The number of benzene rings is 1. The van der Waals surface area contributed by atoms with E-state index in [0.717, 1.165) is 16.7 Å². The van der Waals surface area contributed by atoms with Crippen molar-refractivity contribution in [3.63, 3.8) is 0 Å². The number of amides is 1. The molecule has 1 amide bonds. The molecule has 2 N–H and O–H groups in total. The van der Waals surface area contributed by atoms with Crippen LogP contribution < -0.4 is 10.2 Å². The number of nitrogens with zero attached hydrogens (tertiary/aromatic N) is 1. The van der Waals surface area contributed by atoms with Crippen molar-refractivity contribution in [2.24, 2.45) is 0 Å². The van der Waals surface area contributed by atoms with Gasteiger partial charge in [0, 0.05) is 22.3 Å². The number of aliphatic hydroxyl groups is 1. The highest BCUT2D eigenvalue weighted by molar-refractivity contribution is 9.10. The Labute approximate surface area is 126 Å². The maximum Gasteiger partial charge on any atom is 0.257 e. The van der Waals surface area contributed by atoms with E-state index >= 15 is 0 Å². The van der Waals surface area contributed by atoms with Gasteiger partial charge in [-0.05, 0) is 41.9 Å². The molecule has 5 nitrogen and oxygen atoms in total. The molecule has 1 atom stereocenters.